The minimum atomic E-state index is -0.899. The molecule has 0 radical (unpaired) electrons. The van der Waals surface area contributed by atoms with Gasteiger partial charge in [-0.3, -0.25) is 0 Å². The molecule has 5 heteroatoms. The highest BCUT2D eigenvalue weighted by Gasteiger charge is 2.18. The summed E-state index contributed by atoms with van der Waals surface area (Å²) in [5.74, 6) is -0.628. The Bertz CT molecular complexity index is 480. The quantitative estimate of drug-likeness (QED) is 0.859. The molecule has 0 fully saturated rings. The van der Waals surface area contributed by atoms with Crippen molar-refractivity contribution in [3.05, 3.63) is 28.8 Å². The van der Waals surface area contributed by atoms with Crippen molar-refractivity contribution in [1.82, 2.24) is 0 Å². The molecule has 1 aromatic carbocycles. The average molecular weight is 267 g/mol. The Hall–Kier alpha value is -1.73. The lowest BCUT2D eigenvalue weighted by molar-refractivity contribution is -0.138. The van der Waals surface area contributed by atoms with Gasteiger partial charge in [0.1, 0.15) is 12.1 Å². The first-order valence-electron chi connectivity index (χ1n) is 5.63. The molecule has 0 aliphatic rings. The highest BCUT2D eigenvalue weighted by molar-refractivity contribution is 6.32. The Morgan fingerprint density at radius 2 is 2.22 bits per heavy atom. The van der Waals surface area contributed by atoms with Crippen molar-refractivity contribution in [3.8, 4) is 6.07 Å². The average Bonchev–Trinajstić information content (AvgIpc) is 2.27. The van der Waals surface area contributed by atoms with Gasteiger partial charge in [0.25, 0.3) is 0 Å². The summed E-state index contributed by atoms with van der Waals surface area (Å²) in [7, 11) is 0. The number of rotatable bonds is 5. The van der Waals surface area contributed by atoms with Crippen molar-refractivity contribution in [2.45, 2.75) is 26.3 Å². The van der Waals surface area contributed by atoms with Gasteiger partial charge in [-0.2, -0.15) is 5.26 Å². The fraction of sp³-hybridized carbons (Fsp3) is 0.385. The van der Waals surface area contributed by atoms with E-state index in [-0.39, 0.29) is 5.92 Å². The summed E-state index contributed by atoms with van der Waals surface area (Å²) in [5, 5.41) is 21.1. The predicted molar refractivity (Wildman–Crippen MR) is 70.7 cm³/mol. The van der Waals surface area contributed by atoms with Gasteiger partial charge in [-0.1, -0.05) is 25.4 Å². The van der Waals surface area contributed by atoms with E-state index in [0.29, 0.717) is 22.7 Å². The van der Waals surface area contributed by atoms with Crippen molar-refractivity contribution in [2.24, 2.45) is 5.92 Å². The summed E-state index contributed by atoms with van der Waals surface area (Å²) >= 11 is 5.89. The second kappa shape index (κ2) is 6.27. The van der Waals surface area contributed by atoms with Gasteiger partial charge in [0.15, 0.2) is 0 Å². The molecule has 1 atom stereocenters. The van der Waals surface area contributed by atoms with E-state index in [2.05, 4.69) is 5.32 Å². The molecule has 0 aromatic heterocycles. The van der Waals surface area contributed by atoms with Crippen LogP contribution in [0.3, 0.4) is 0 Å². The number of anilines is 1. The molecule has 0 aliphatic heterocycles. The topological polar surface area (TPSA) is 73.1 Å². The van der Waals surface area contributed by atoms with E-state index < -0.39 is 12.0 Å². The minimum Gasteiger partial charge on any atom is -0.480 e. The Kier molecular flexibility index (Phi) is 4.99. The second-order valence-electron chi connectivity index (χ2n) is 4.47. The van der Waals surface area contributed by atoms with Gasteiger partial charge < -0.3 is 10.4 Å². The molecule has 4 nitrogen and oxygen atoms in total. The first-order valence-corrected chi connectivity index (χ1v) is 6.00. The number of hydrogen-bond acceptors (Lipinski definition) is 3. The fourth-order valence-electron chi connectivity index (χ4n) is 1.59. The van der Waals surface area contributed by atoms with Crippen molar-refractivity contribution >= 4 is 23.3 Å². The number of carbonyl (C=O) groups is 1. The monoisotopic (exact) mass is 266 g/mol. The molecule has 0 heterocycles. The Labute approximate surface area is 111 Å². The molecule has 96 valence electrons. The van der Waals surface area contributed by atoms with Crippen LogP contribution in [0.15, 0.2) is 18.2 Å². The largest absolute Gasteiger partial charge is 0.480 e. The first-order chi connectivity index (χ1) is 8.43. The van der Waals surface area contributed by atoms with E-state index >= 15 is 0 Å². The Balaban J connectivity index is 2.85. The third kappa shape index (κ3) is 3.94. The summed E-state index contributed by atoms with van der Waals surface area (Å²) in [5.41, 5.74) is 0.977. The van der Waals surface area contributed by atoms with Crippen LogP contribution in [0, 0.1) is 17.2 Å². The van der Waals surface area contributed by atoms with Gasteiger partial charge in [-0.15, -0.1) is 0 Å². The SMILES string of the molecule is CC(C)C[C@@H](Nc1ccc(C#N)c(Cl)c1)C(=O)O. The standard InChI is InChI=1S/C13H15ClN2O2/c1-8(2)5-12(13(17)18)16-10-4-3-9(7-15)11(14)6-10/h3-4,6,8,12,16H,5H2,1-2H3,(H,17,18)/t12-/m1/s1. The summed E-state index contributed by atoms with van der Waals surface area (Å²) in [6.07, 6.45) is 0.521. The van der Waals surface area contributed by atoms with Crippen molar-refractivity contribution in [2.75, 3.05) is 5.32 Å². The van der Waals surface area contributed by atoms with Gasteiger partial charge in [-0.25, -0.2) is 4.79 Å². The molecule has 2 N–H and O–H groups in total. The summed E-state index contributed by atoms with van der Waals surface area (Å²) in [6.45, 7) is 3.92. The zero-order valence-corrected chi connectivity index (χ0v) is 11.0. The van der Waals surface area contributed by atoms with Gasteiger partial charge in [0, 0.05) is 5.69 Å². The number of nitrogens with one attached hydrogen (secondary N) is 1. The molecule has 0 saturated carbocycles. The van der Waals surface area contributed by atoms with Crippen LogP contribution in [-0.4, -0.2) is 17.1 Å². The number of benzene rings is 1. The minimum absolute atomic E-state index is 0.271. The summed E-state index contributed by atoms with van der Waals surface area (Å²) < 4.78 is 0. The first kappa shape index (κ1) is 14.3. The normalized spacial score (nSPS) is 11.9. The number of carboxylic acid groups (broad SMARTS) is 1. The lowest BCUT2D eigenvalue weighted by Gasteiger charge is -2.17. The van der Waals surface area contributed by atoms with Gasteiger partial charge in [0.2, 0.25) is 0 Å². The lowest BCUT2D eigenvalue weighted by Crippen LogP contribution is -2.30. The van der Waals surface area contributed by atoms with Crippen LogP contribution in [0.2, 0.25) is 5.02 Å². The highest BCUT2D eigenvalue weighted by Crippen LogP contribution is 2.21. The molecule has 0 bridgehead atoms. The van der Waals surface area contributed by atoms with E-state index in [0.717, 1.165) is 0 Å². The maximum absolute atomic E-state index is 11.1. The van der Waals surface area contributed by atoms with Crippen molar-refractivity contribution in [3.63, 3.8) is 0 Å². The van der Waals surface area contributed by atoms with Crippen LogP contribution in [0.5, 0.6) is 0 Å². The molecular weight excluding hydrogens is 252 g/mol. The van der Waals surface area contributed by atoms with Crippen LogP contribution < -0.4 is 5.32 Å². The molecule has 0 amide bonds. The van der Waals surface area contributed by atoms with Crippen molar-refractivity contribution < 1.29 is 9.90 Å². The zero-order valence-electron chi connectivity index (χ0n) is 10.3. The maximum Gasteiger partial charge on any atom is 0.326 e. The molecule has 0 unspecified atom stereocenters. The van der Waals surface area contributed by atoms with Gasteiger partial charge in [0.05, 0.1) is 10.6 Å². The van der Waals surface area contributed by atoms with E-state index in [1.807, 2.05) is 19.9 Å². The van der Waals surface area contributed by atoms with Crippen LogP contribution in [0.4, 0.5) is 5.69 Å². The van der Waals surface area contributed by atoms with Gasteiger partial charge in [-0.05, 0) is 30.5 Å². The van der Waals surface area contributed by atoms with Crippen LogP contribution in [-0.2, 0) is 4.79 Å². The third-order valence-electron chi connectivity index (χ3n) is 2.44. The molecule has 0 spiro atoms. The molecular formula is C13H15ClN2O2. The van der Waals surface area contributed by atoms with Crippen LogP contribution >= 0.6 is 11.6 Å². The molecule has 0 aliphatic carbocycles. The lowest BCUT2D eigenvalue weighted by atomic mass is 10.0. The molecule has 1 rings (SSSR count). The smallest absolute Gasteiger partial charge is 0.326 e. The van der Waals surface area contributed by atoms with E-state index in [1.54, 1.807) is 18.2 Å². The number of aliphatic carboxylic acids is 1. The summed E-state index contributed by atoms with van der Waals surface area (Å²) in [4.78, 5) is 11.1. The second-order valence-corrected chi connectivity index (χ2v) is 4.88. The van der Waals surface area contributed by atoms with Crippen LogP contribution in [0.1, 0.15) is 25.8 Å². The van der Waals surface area contributed by atoms with E-state index in [4.69, 9.17) is 22.0 Å². The fourth-order valence-corrected chi connectivity index (χ4v) is 1.81. The predicted octanol–water partition coefficient (Wildman–Crippen LogP) is 3.12. The van der Waals surface area contributed by atoms with Gasteiger partial charge >= 0.3 is 5.97 Å². The van der Waals surface area contributed by atoms with E-state index in [1.165, 1.54) is 0 Å². The molecule has 1 aromatic rings. The number of carboxylic acids is 1. The highest BCUT2D eigenvalue weighted by atomic mass is 35.5. The summed E-state index contributed by atoms with van der Waals surface area (Å²) in [6, 6.07) is 6.08. The Morgan fingerprint density at radius 3 is 2.67 bits per heavy atom. The number of nitrogens with zero attached hydrogens (tertiary/aromatic N) is 1. The van der Waals surface area contributed by atoms with Crippen molar-refractivity contribution in [1.29, 1.82) is 5.26 Å². The number of hydrogen-bond donors (Lipinski definition) is 2. The number of halogens is 1. The van der Waals surface area contributed by atoms with E-state index in [9.17, 15) is 4.79 Å². The van der Waals surface area contributed by atoms with Crippen LogP contribution in [0.25, 0.3) is 0 Å². The molecule has 0 saturated heterocycles. The third-order valence-corrected chi connectivity index (χ3v) is 2.75. The Morgan fingerprint density at radius 1 is 1.56 bits per heavy atom. The maximum atomic E-state index is 11.1. The zero-order chi connectivity index (χ0) is 13.7. The number of nitriles is 1. The molecule has 18 heavy (non-hydrogen) atoms.